The Labute approximate surface area is 222 Å². The molecular formula is C35H40O2. The molecule has 37 heavy (non-hydrogen) atoms. The van der Waals surface area contributed by atoms with Gasteiger partial charge in [0.1, 0.15) is 5.75 Å². The zero-order valence-electron chi connectivity index (χ0n) is 23.0. The fourth-order valence-corrected chi connectivity index (χ4v) is 6.32. The Kier molecular flexibility index (Phi) is 7.12. The molecule has 2 nitrogen and oxygen atoms in total. The van der Waals surface area contributed by atoms with E-state index in [9.17, 15) is 9.90 Å². The lowest BCUT2D eigenvalue weighted by Crippen LogP contribution is -2.10. The minimum absolute atomic E-state index is 0.145. The number of fused-ring (bicyclic) bond motifs is 2. The third-order valence-electron chi connectivity index (χ3n) is 8.36. The van der Waals surface area contributed by atoms with E-state index in [1.807, 2.05) is 6.07 Å². The van der Waals surface area contributed by atoms with Crippen molar-refractivity contribution in [2.24, 2.45) is 17.8 Å². The van der Waals surface area contributed by atoms with Crippen molar-refractivity contribution < 1.29 is 9.90 Å². The summed E-state index contributed by atoms with van der Waals surface area (Å²) in [4.78, 5) is 13.1. The Hall–Kier alpha value is -3.13. The van der Waals surface area contributed by atoms with Gasteiger partial charge in [-0.15, -0.1) is 0 Å². The van der Waals surface area contributed by atoms with Crippen LogP contribution in [-0.2, 0) is 25.7 Å². The Bertz CT molecular complexity index is 1370. The summed E-state index contributed by atoms with van der Waals surface area (Å²) in [5, 5.41) is 11.0. The molecule has 2 heteroatoms. The number of hydrogen-bond acceptors (Lipinski definition) is 2. The first-order valence-corrected chi connectivity index (χ1v) is 14.0. The normalized spacial score (nSPS) is 17.2. The van der Waals surface area contributed by atoms with E-state index in [1.165, 1.54) is 33.4 Å². The van der Waals surface area contributed by atoms with Crippen LogP contribution in [0.4, 0.5) is 0 Å². The molecule has 0 aromatic heterocycles. The van der Waals surface area contributed by atoms with Crippen molar-refractivity contribution in [3.8, 4) is 5.75 Å². The van der Waals surface area contributed by atoms with E-state index >= 15 is 0 Å². The Morgan fingerprint density at radius 1 is 0.946 bits per heavy atom. The Morgan fingerprint density at radius 2 is 1.73 bits per heavy atom. The monoisotopic (exact) mass is 492 g/mol. The van der Waals surface area contributed by atoms with Crippen LogP contribution in [0, 0.1) is 31.6 Å². The summed E-state index contributed by atoms with van der Waals surface area (Å²) in [5.41, 5.74) is 12.0. The Morgan fingerprint density at radius 3 is 2.51 bits per heavy atom. The number of carbonyl (C=O) groups is 1. The van der Waals surface area contributed by atoms with Gasteiger partial charge in [-0.25, -0.2) is 0 Å². The zero-order valence-corrected chi connectivity index (χ0v) is 23.0. The molecule has 0 bridgehead atoms. The molecule has 2 aliphatic rings. The number of Topliss-reactive ketones (excluding diaryl/α,β-unsaturated/α-hetero) is 1. The van der Waals surface area contributed by atoms with Gasteiger partial charge in [-0.2, -0.15) is 0 Å². The van der Waals surface area contributed by atoms with Gasteiger partial charge in [0, 0.05) is 17.0 Å². The molecule has 0 fully saturated rings. The first-order chi connectivity index (χ1) is 17.7. The first-order valence-electron chi connectivity index (χ1n) is 14.0. The second-order valence-electron chi connectivity index (χ2n) is 12.0. The van der Waals surface area contributed by atoms with E-state index in [0.717, 1.165) is 60.8 Å². The van der Waals surface area contributed by atoms with Crippen LogP contribution in [-0.4, -0.2) is 10.9 Å². The second kappa shape index (κ2) is 10.3. The third-order valence-corrected chi connectivity index (χ3v) is 8.36. The van der Waals surface area contributed by atoms with Gasteiger partial charge in [0.05, 0.1) is 0 Å². The number of benzene rings is 3. The van der Waals surface area contributed by atoms with Crippen LogP contribution in [0.5, 0.6) is 5.75 Å². The number of allylic oxidation sites excluding steroid dienone is 1. The summed E-state index contributed by atoms with van der Waals surface area (Å²) in [6.45, 7) is 11.1. The molecule has 0 aliphatic heterocycles. The number of aryl methyl sites for hydroxylation is 2. The van der Waals surface area contributed by atoms with Gasteiger partial charge >= 0.3 is 0 Å². The standard InChI is InChI=1S/C35H40O2/c1-21(2)9-12-26-16-30-17-28-18-31(19-29(28)20-32(30)35(26)37)34-25(7-6-8-33(34)36)14-23(4)15-27-13-22(3)10-11-24(27)5/h6-8,10-11,13,17,19-21,23,26,36H,9,12,14-16,18H2,1-5H3. The molecular weight excluding hydrogens is 452 g/mol. The summed E-state index contributed by atoms with van der Waals surface area (Å²) < 4.78 is 0. The number of phenolic OH excluding ortho intramolecular Hbond substituents is 1. The molecule has 0 radical (unpaired) electrons. The predicted molar refractivity (Wildman–Crippen MR) is 154 cm³/mol. The minimum Gasteiger partial charge on any atom is -0.507 e. The molecule has 5 rings (SSSR count). The quantitative estimate of drug-likeness (QED) is 0.343. The lowest BCUT2D eigenvalue weighted by Gasteiger charge is -2.18. The van der Waals surface area contributed by atoms with E-state index < -0.39 is 0 Å². The molecule has 3 aromatic carbocycles. The highest BCUT2D eigenvalue weighted by Crippen LogP contribution is 2.41. The highest BCUT2D eigenvalue weighted by Gasteiger charge is 2.32. The molecule has 1 N–H and O–H groups in total. The molecule has 2 unspecified atom stereocenters. The number of rotatable bonds is 8. The summed E-state index contributed by atoms with van der Waals surface area (Å²) >= 11 is 0. The SMILES string of the molecule is Cc1ccc(C)c(CC(C)Cc2cccc(O)c2C2=Cc3cc4c(cc3C2)CC(CCC(C)C)C4=O)c1. The summed E-state index contributed by atoms with van der Waals surface area (Å²) in [6.07, 6.45) is 7.92. The summed E-state index contributed by atoms with van der Waals surface area (Å²) in [7, 11) is 0. The van der Waals surface area contributed by atoms with Crippen LogP contribution >= 0.6 is 0 Å². The molecule has 2 atom stereocenters. The number of hydrogen-bond donors (Lipinski definition) is 1. The molecule has 0 spiro atoms. The molecule has 0 saturated carbocycles. The lowest BCUT2D eigenvalue weighted by molar-refractivity contribution is 0.0927. The second-order valence-corrected chi connectivity index (χ2v) is 12.0. The summed E-state index contributed by atoms with van der Waals surface area (Å²) in [6, 6.07) is 17.0. The fraction of sp³-hybridized carbons (Fsp3) is 0.400. The van der Waals surface area contributed by atoms with Crippen molar-refractivity contribution in [1.29, 1.82) is 0 Å². The average molecular weight is 493 g/mol. The molecule has 0 saturated heterocycles. The van der Waals surface area contributed by atoms with Gasteiger partial charge in [-0.1, -0.05) is 75.2 Å². The van der Waals surface area contributed by atoms with Crippen molar-refractivity contribution in [1.82, 2.24) is 0 Å². The smallest absolute Gasteiger partial charge is 0.166 e. The highest BCUT2D eigenvalue weighted by molar-refractivity contribution is 6.04. The number of aromatic hydroxyl groups is 1. The van der Waals surface area contributed by atoms with Gasteiger partial charge < -0.3 is 5.11 Å². The minimum atomic E-state index is 0.145. The molecule has 3 aromatic rings. The molecule has 2 aliphatic carbocycles. The van der Waals surface area contributed by atoms with Crippen molar-refractivity contribution in [2.75, 3.05) is 0 Å². The van der Waals surface area contributed by atoms with Crippen molar-refractivity contribution in [3.05, 3.63) is 98.6 Å². The summed E-state index contributed by atoms with van der Waals surface area (Å²) in [5.74, 6) is 1.90. The highest BCUT2D eigenvalue weighted by atomic mass is 16.3. The predicted octanol–water partition coefficient (Wildman–Crippen LogP) is 8.32. The van der Waals surface area contributed by atoms with Gasteiger partial charge in [0.25, 0.3) is 0 Å². The Balaban J connectivity index is 1.37. The van der Waals surface area contributed by atoms with Crippen molar-refractivity contribution in [3.63, 3.8) is 0 Å². The molecule has 0 heterocycles. The number of phenols is 1. The van der Waals surface area contributed by atoms with E-state index in [0.29, 0.717) is 23.4 Å². The zero-order chi connectivity index (χ0) is 26.3. The maximum atomic E-state index is 13.1. The van der Waals surface area contributed by atoms with E-state index in [1.54, 1.807) is 6.07 Å². The van der Waals surface area contributed by atoms with Crippen LogP contribution in [0.3, 0.4) is 0 Å². The molecule has 192 valence electrons. The topological polar surface area (TPSA) is 37.3 Å². The largest absolute Gasteiger partial charge is 0.507 e. The van der Waals surface area contributed by atoms with Crippen LogP contribution < -0.4 is 0 Å². The number of carbonyl (C=O) groups excluding carboxylic acids is 1. The van der Waals surface area contributed by atoms with Gasteiger partial charge in [-0.3, -0.25) is 4.79 Å². The van der Waals surface area contributed by atoms with E-state index in [4.69, 9.17) is 0 Å². The average Bonchev–Trinajstić information content (AvgIpc) is 3.38. The maximum absolute atomic E-state index is 13.1. The van der Waals surface area contributed by atoms with Crippen LogP contribution in [0.25, 0.3) is 11.6 Å². The maximum Gasteiger partial charge on any atom is 0.166 e. The van der Waals surface area contributed by atoms with Gasteiger partial charge in [0.2, 0.25) is 0 Å². The molecule has 0 amide bonds. The lowest BCUT2D eigenvalue weighted by atomic mass is 9.87. The van der Waals surface area contributed by atoms with Crippen LogP contribution in [0.2, 0.25) is 0 Å². The van der Waals surface area contributed by atoms with Gasteiger partial charge in [0.15, 0.2) is 5.78 Å². The van der Waals surface area contributed by atoms with Crippen molar-refractivity contribution in [2.45, 2.75) is 73.1 Å². The van der Waals surface area contributed by atoms with Crippen LogP contribution in [0.15, 0.2) is 48.5 Å². The van der Waals surface area contributed by atoms with Gasteiger partial charge in [-0.05, 0) is 109 Å². The van der Waals surface area contributed by atoms with E-state index in [-0.39, 0.29) is 5.92 Å². The number of ketones is 1. The first kappa shape index (κ1) is 25.5. The van der Waals surface area contributed by atoms with Crippen molar-refractivity contribution >= 4 is 17.4 Å². The fourth-order valence-electron chi connectivity index (χ4n) is 6.32. The van der Waals surface area contributed by atoms with Crippen LogP contribution in [0.1, 0.15) is 88.5 Å². The third kappa shape index (κ3) is 5.30. The van der Waals surface area contributed by atoms with E-state index in [2.05, 4.69) is 77.1 Å².